The average molecular weight is 378 g/mol. The summed E-state index contributed by atoms with van der Waals surface area (Å²) in [5.74, 6) is 1.33. The van der Waals surface area contributed by atoms with Crippen LogP contribution in [0, 0.1) is 19.8 Å². The monoisotopic (exact) mass is 377 g/mol. The van der Waals surface area contributed by atoms with Crippen LogP contribution < -0.4 is 15.4 Å². The highest BCUT2D eigenvalue weighted by molar-refractivity contribution is 5.96. The molecule has 2 aromatic rings. The standard InChI is InChI=1S/C20H27N3O2.ClH/c1-13-9-10-21-12-19(13)22-20(24)18-11-14(2)23(15(18)3)16-5-7-17(25-4)8-6-16;/h5-8,11,13,19,21H,9-10,12H2,1-4H3,(H,22,24);1H. The summed E-state index contributed by atoms with van der Waals surface area (Å²) in [5.41, 5.74) is 3.77. The number of benzene rings is 1. The highest BCUT2D eigenvalue weighted by Gasteiger charge is 2.25. The first-order valence-electron chi connectivity index (χ1n) is 8.86. The molecule has 5 nitrogen and oxygen atoms in total. The fourth-order valence-electron chi connectivity index (χ4n) is 3.55. The van der Waals surface area contributed by atoms with Gasteiger partial charge >= 0.3 is 0 Å². The Labute approximate surface area is 161 Å². The van der Waals surface area contributed by atoms with E-state index >= 15 is 0 Å². The number of carbonyl (C=O) groups is 1. The SMILES string of the molecule is COc1ccc(-n2c(C)cc(C(=O)NC3CNCCC3C)c2C)cc1.Cl. The predicted octanol–water partition coefficient (Wildman–Crippen LogP) is 3.25. The Balaban J connectivity index is 0.00000243. The van der Waals surface area contributed by atoms with Gasteiger partial charge in [-0.05, 0) is 63.1 Å². The van der Waals surface area contributed by atoms with Gasteiger partial charge in [-0.1, -0.05) is 6.92 Å². The first-order valence-corrected chi connectivity index (χ1v) is 8.86. The van der Waals surface area contributed by atoms with Crippen molar-refractivity contribution in [2.24, 2.45) is 5.92 Å². The largest absolute Gasteiger partial charge is 0.497 e. The summed E-state index contributed by atoms with van der Waals surface area (Å²) < 4.78 is 7.33. The molecule has 0 saturated carbocycles. The summed E-state index contributed by atoms with van der Waals surface area (Å²) in [4.78, 5) is 12.8. The highest BCUT2D eigenvalue weighted by Crippen LogP contribution is 2.23. The summed E-state index contributed by atoms with van der Waals surface area (Å²) in [6.45, 7) is 8.09. The zero-order valence-electron chi connectivity index (χ0n) is 15.8. The van der Waals surface area contributed by atoms with Gasteiger partial charge in [0.2, 0.25) is 0 Å². The van der Waals surface area contributed by atoms with Gasteiger partial charge in [-0.15, -0.1) is 12.4 Å². The first kappa shape index (κ1) is 20.3. The number of methoxy groups -OCH3 is 1. The summed E-state index contributed by atoms with van der Waals surface area (Å²) >= 11 is 0. The van der Waals surface area contributed by atoms with Crippen LogP contribution >= 0.6 is 12.4 Å². The Bertz CT molecular complexity index is 755. The van der Waals surface area contributed by atoms with E-state index in [1.807, 2.05) is 44.2 Å². The number of nitrogens with one attached hydrogen (secondary N) is 2. The molecular weight excluding hydrogens is 350 g/mol. The van der Waals surface area contributed by atoms with Gasteiger partial charge in [0.1, 0.15) is 5.75 Å². The molecule has 0 spiro atoms. The quantitative estimate of drug-likeness (QED) is 0.859. The number of aryl methyl sites for hydroxylation is 1. The minimum Gasteiger partial charge on any atom is -0.497 e. The molecule has 1 aliphatic rings. The van der Waals surface area contributed by atoms with Gasteiger partial charge in [0.05, 0.1) is 12.7 Å². The zero-order chi connectivity index (χ0) is 18.0. The second-order valence-electron chi connectivity index (χ2n) is 6.87. The van der Waals surface area contributed by atoms with Crippen molar-refractivity contribution < 1.29 is 9.53 Å². The van der Waals surface area contributed by atoms with Crippen molar-refractivity contribution in [2.75, 3.05) is 20.2 Å². The Morgan fingerprint density at radius 2 is 1.96 bits per heavy atom. The fraction of sp³-hybridized carbons (Fsp3) is 0.450. The van der Waals surface area contributed by atoms with Crippen LogP contribution in [0.2, 0.25) is 0 Å². The van der Waals surface area contributed by atoms with E-state index in [9.17, 15) is 4.79 Å². The zero-order valence-corrected chi connectivity index (χ0v) is 16.7. The van der Waals surface area contributed by atoms with Crippen LogP contribution in [0.4, 0.5) is 0 Å². The molecule has 0 aliphatic carbocycles. The smallest absolute Gasteiger partial charge is 0.253 e. The van der Waals surface area contributed by atoms with Crippen LogP contribution in [-0.2, 0) is 0 Å². The molecule has 0 bridgehead atoms. The molecular formula is C20H28ClN3O2. The summed E-state index contributed by atoms with van der Waals surface area (Å²) in [7, 11) is 1.66. The van der Waals surface area contributed by atoms with Crippen molar-refractivity contribution in [1.29, 1.82) is 0 Å². The molecule has 6 heteroatoms. The maximum atomic E-state index is 12.8. The lowest BCUT2D eigenvalue weighted by Gasteiger charge is -2.30. The maximum Gasteiger partial charge on any atom is 0.253 e. The number of carbonyl (C=O) groups excluding carboxylic acids is 1. The number of nitrogens with zero attached hydrogens (tertiary/aromatic N) is 1. The lowest BCUT2D eigenvalue weighted by Crippen LogP contribution is -2.50. The second-order valence-corrected chi connectivity index (χ2v) is 6.87. The minimum atomic E-state index is 0. The summed E-state index contributed by atoms with van der Waals surface area (Å²) in [5, 5.41) is 6.56. The van der Waals surface area contributed by atoms with Crippen molar-refractivity contribution in [2.45, 2.75) is 33.2 Å². The van der Waals surface area contributed by atoms with Crippen molar-refractivity contribution in [3.63, 3.8) is 0 Å². The van der Waals surface area contributed by atoms with E-state index in [2.05, 4.69) is 22.1 Å². The van der Waals surface area contributed by atoms with Gasteiger partial charge in [-0.2, -0.15) is 0 Å². The molecule has 1 fully saturated rings. The molecule has 2 atom stereocenters. The maximum absolute atomic E-state index is 12.8. The lowest BCUT2D eigenvalue weighted by atomic mass is 9.94. The van der Waals surface area contributed by atoms with Gasteiger partial charge in [0.15, 0.2) is 0 Å². The highest BCUT2D eigenvalue weighted by atomic mass is 35.5. The van der Waals surface area contributed by atoms with Crippen molar-refractivity contribution in [3.8, 4) is 11.4 Å². The number of aromatic nitrogens is 1. The van der Waals surface area contributed by atoms with Crippen LogP contribution in [0.5, 0.6) is 5.75 Å². The topological polar surface area (TPSA) is 55.3 Å². The number of hydrogen-bond donors (Lipinski definition) is 2. The Morgan fingerprint density at radius 3 is 2.58 bits per heavy atom. The molecule has 1 aromatic heterocycles. The molecule has 2 unspecified atom stereocenters. The third-order valence-electron chi connectivity index (χ3n) is 5.15. The van der Waals surface area contributed by atoms with E-state index < -0.39 is 0 Å². The van der Waals surface area contributed by atoms with Gasteiger partial charge < -0.3 is 19.9 Å². The van der Waals surface area contributed by atoms with Crippen molar-refractivity contribution in [1.82, 2.24) is 15.2 Å². The Hall–Kier alpha value is -1.98. The van der Waals surface area contributed by atoms with Gasteiger partial charge in [-0.25, -0.2) is 0 Å². The van der Waals surface area contributed by atoms with Gasteiger partial charge in [-0.3, -0.25) is 4.79 Å². The van der Waals surface area contributed by atoms with Gasteiger partial charge in [0, 0.05) is 29.7 Å². The molecule has 142 valence electrons. The van der Waals surface area contributed by atoms with Crippen LogP contribution in [0.25, 0.3) is 5.69 Å². The van der Waals surface area contributed by atoms with E-state index in [1.54, 1.807) is 7.11 Å². The molecule has 2 heterocycles. The normalized spacial score (nSPS) is 19.5. The molecule has 1 aliphatic heterocycles. The van der Waals surface area contributed by atoms with Crippen LogP contribution in [0.3, 0.4) is 0 Å². The van der Waals surface area contributed by atoms with Crippen LogP contribution in [-0.4, -0.2) is 36.7 Å². The van der Waals surface area contributed by atoms with E-state index in [4.69, 9.17) is 4.74 Å². The predicted molar refractivity (Wildman–Crippen MR) is 107 cm³/mol. The van der Waals surface area contributed by atoms with Crippen LogP contribution in [0.15, 0.2) is 30.3 Å². The Morgan fingerprint density at radius 1 is 1.27 bits per heavy atom. The summed E-state index contributed by atoms with van der Waals surface area (Å²) in [6, 6.07) is 10.0. The Kier molecular flexibility index (Phi) is 6.73. The number of hydrogen-bond acceptors (Lipinski definition) is 3. The number of piperidine rings is 1. The second kappa shape index (κ2) is 8.60. The third-order valence-corrected chi connectivity index (χ3v) is 5.15. The van der Waals surface area contributed by atoms with Crippen LogP contribution in [0.1, 0.15) is 35.1 Å². The number of rotatable bonds is 4. The fourth-order valence-corrected chi connectivity index (χ4v) is 3.55. The number of halogens is 1. The van der Waals surface area contributed by atoms with E-state index in [0.717, 1.165) is 47.9 Å². The molecule has 1 aromatic carbocycles. The summed E-state index contributed by atoms with van der Waals surface area (Å²) in [6.07, 6.45) is 1.09. The van der Waals surface area contributed by atoms with E-state index in [-0.39, 0.29) is 24.4 Å². The molecule has 2 N–H and O–H groups in total. The minimum absolute atomic E-state index is 0. The van der Waals surface area contributed by atoms with Crippen molar-refractivity contribution in [3.05, 3.63) is 47.3 Å². The average Bonchev–Trinajstić information content (AvgIpc) is 2.91. The molecule has 1 saturated heterocycles. The first-order chi connectivity index (χ1) is 12.0. The molecule has 0 radical (unpaired) electrons. The lowest BCUT2D eigenvalue weighted by molar-refractivity contribution is 0.0914. The van der Waals surface area contributed by atoms with Gasteiger partial charge in [0.25, 0.3) is 5.91 Å². The third kappa shape index (κ3) is 4.05. The molecule has 1 amide bonds. The molecule has 3 rings (SSSR count). The number of amides is 1. The van der Waals surface area contributed by atoms with Crippen molar-refractivity contribution >= 4 is 18.3 Å². The number of ether oxygens (including phenoxy) is 1. The molecule has 26 heavy (non-hydrogen) atoms. The van der Waals surface area contributed by atoms with E-state index in [0.29, 0.717) is 5.92 Å². The van der Waals surface area contributed by atoms with E-state index in [1.165, 1.54) is 0 Å².